The van der Waals surface area contributed by atoms with Crippen molar-refractivity contribution in [3.63, 3.8) is 0 Å². The summed E-state index contributed by atoms with van der Waals surface area (Å²) in [5, 5.41) is 5.93. The van der Waals surface area contributed by atoms with Gasteiger partial charge in [-0.25, -0.2) is 8.42 Å². The van der Waals surface area contributed by atoms with Gasteiger partial charge in [0.05, 0.1) is 5.25 Å². The van der Waals surface area contributed by atoms with Crippen LogP contribution in [0.5, 0.6) is 0 Å². The normalized spacial score (nSPS) is 17.5. The number of nitrogens with zero attached hydrogens (tertiary/aromatic N) is 1. The van der Waals surface area contributed by atoms with Gasteiger partial charge in [0.15, 0.2) is 15.7 Å². The number of ether oxygens (including phenoxy) is 1. The highest BCUT2D eigenvalue weighted by Crippen LogP contribution is 2.33. The van der Waals surface area contributed by atoms with Crippen LogP contribution in [0.4, 0.5) is 5.82 Å². The van der Waals surface area contributed by atoms with Gasteiger partial charge in [-0.3, -0.25) is 4.79 Å². The lowest BCUT2D eigenvalue weighted by Crippen LogP contribution is -2.50. The molecule has 0 aliphatic carbocycles. The minimum atomic E-state index is -3.67. The van der Waals surface area contributed by atoms with E-state index in [0.29, 0.717) is 37.7 Å². The Hall–Kier alpha value is -1.41. The summed E-state index contributed by atoms with van der Waals surface area (Å²) in [6, 6.07) is 1.66. The second-order valence-corrected chi connectivity index (χ2v) is 11.1. The predicted octanol–water partition coefficient (Wildman–Crippen LogP) is 2.92. The highest BCUT2D eigenvalue weighted by molar-refractivity contribution is 7.94. The molecule has 8 heteroatoms. The minimum Gasteiger partial charge on any atom is -0.381 e. The van der Waals surface area contributed by atoms with E-state index in [2.05, 4.69) is 24.3 Å². The van der Waals surface area contributed by atoms with Gasteiger partial charge in [-0.05, 0) is 32.6 Å². The number of hydrogen-bond acceptors (Lipinski definition) is 6. The summed E-state index contributed by atoms with van der Waals surface area (Å²) in [5.41, 5.74) is -0.250. The van der Waals surface area contributed by atoms with Crippen LogP contribution in [0.1, 0.15) is 60.1 Å². The third kappa shape index (κ3) is 3.81. The van der Waals surface area contributed by atoms with Gasteiger partial charge >= 0.3 is 0 Å². The maximum absolute atomic E-state index is 12.9. The summed E-state index contributed by atoms with van der Waals surface area (Å²) < 4.78 is 34.9. The summed E-state index contributed by atoms with van der Waals surface area (Å²) in [5.74, 6) is 0.581. The van der Waals surface area contributed by atoms with Crippen molar-refractivity contribution >= 4 is 21.6 Å². The molecule has 148 valence electrons. The molecule has 0 radical (unpaired) electrons. The molecule has 1 aliphatic rings. The lowest BCUT2D eigenvalue weighted by molar-refractivity contribution is -0.117. The summed E-state index contributed by atoms with van der Waals surface area (Å²) in [7, 11) is -3.67. The smallest absolute Gasteiger partial charge is 0.246 e. The first-order valence-corrected chi connectivity index (χ1v) is 10.5. The molecule has 0 unspecified atom stereocenters. The molecule has 0 spiro atoms. The van der Waals surface area contributed by atoms with E-state index in [9.17, 15) is 13.2 Å². The quantitative estimate of drug-likeness (QED) is 0.807. The van der Waals surface area contributed by atoms with Gasteiger partial charge in [0.1, 0.15) is 10.5 Å². The highest BCUT2D eigenvalue weighted by Gasteiger charge is 2.47. The van der Waals surface area contributed by atoms with E-state index in [4.69, 9.17) is 9.26 Å². The number of nitrogens with one attached hydrogen (secondary N) is 1. The van der Waals surface area contributed by atoms with Crippen LogP contribution in [0.15, 0.2) is 10.6 Å². The average Bonchev–Trinajstić information content (AvgIpc) is 3.04. The number of carbonyl (C=O) groups is 1. The first kappa shape index (κ1) is 20.9. The molecule has 1 aromatic rings. The number of carbonyl (C=O) groups excluding carboxylic acids is 1. The van der Waals surface area contributed by atoms with Gasteiger partial charge in [0, 0.05) is 24.7 Å². The van der Waals surface area contributed by atoms with Gasteiger partial charge in [-0.2, -0.15) is 0 Å². The monoisotopic (exact) mass is 386 g/mol. The Morgan fingerprint density at radius 3 is 2.35 bits per heavy atom. The molecule has 2 heterocycles. The van der Waals surface area contributed by atoms with E-state index in [1.165, 1.54) is 13.8 Å². The molecule has 0 atom stereocenters. The molecule has 2 rings (SSSR count). The fourth-order valence-electron chi connectivity index (χ4n) is 2.72. The molecule has 1 aromatic heterocycles. The third-order valence-corrected chi connectivity index (χ3v) is 8.65. The molecule has 1 amide bonds. The summed E-state index contributed by atoms with van der Waals surface area (Å²) in [4.78, 5) is 12.7. The summed E-state index contributed by atoms with van der Waals surface area (Å²) >= 11 is 0. The van der Waals surface area contributed by atoms with E-state index in [-0.39, 0.29) is 11.2 Å². The van der Waals surface area contributed by atoms with Crippen molar-refractivity contribution in [2.45, 2.75) is 69.8 Å². The molecule has 0 saturated carbocycles. The van der Waals surface area contributed by atoms with E-state index in [1.54, 1.807) is 6.07 Å². The van der Waals surface area contributed by atoms with Crippen molar-refractivity contribution in [3.8, 4) is 0 Å². The van der Waals surface area contributed by atoms with Gasteiger partial charge in [-0.1, -0.05) is 32.9 Å². The van der Waals surface area contributed by atoms with Crippen molar-refractivity contribution in [1.29, 1.82) is 0 Å². The maximum atomic E-state index is 12.9. The Morgan fingerprint density at radius 1 is 1.23 bits per heavy atom. The molecular weight excluding hydrogens is 356 g/mol. The fourth-order valence-corrected chi connectivity index (χ4v) is 4.68. The second-order valence-electron chi connectivity index (χ2n) is 8.27. The van der Waals surface area contributed by atoms with Gasteiger partial charge in [0.25, 0.3) is 0 Å². The molecule has 0 bridgehead atoms. The van der Waals surface area contributed by atoms with Crippen LogP contribution < -0.4 is 5.32 Å². The maximum Gasteiger partial charge on any atom is 0.246 e. The van der Waals surface area contributed by atoms with Crippen LogP contribution >= 0.6 is 0 Å². The zero-order valence-corrected chi connectivity index (χ0v) is 17.3. The number of amides is 1. The molecule has 1 aliphatic heterocycles. The standard InChI is InChI=1S/C18H30N2O5S/c1-12(2)17(3,4)14-11-15(20-25-14)19-16(21)18(5,6)26(22,23)13-7-9-24-10-8-13/h11-13H,7-10H2,1-6H3,(H,19,20,21). The van der Waals surface area contributed by atoms with Crippen LogP contribution in [0, 0.1) is 5.92 Å². The zero-order valence-electron chi connectivity index (χ0n) is 16.5. The SMILES string of the molecule is CC(C)C(C)(C)c1cc(NC(=O)C(C)(C)S(=O)(=O)C2CCOCC2)no1. The Labute approximate surface area is 155 Å². The molecular formula is C18H30N2O5S. The molecule has 1 saturated heterocycles. The first-order valence-electron chi connectivity index (χ1n) is 9.00. The third-order valence-electron chi connectivity index (χ3n) is 5.70. The summed E-state index contributed by atoms with van der Waals surface area (Å²) in [6.07, 6.45) is 0.825. The van der Waals surface area contributed by atoms with Crippen LogP contribution in [0.3, 0.4) is 0 Å². The Balaban J connectivity index is 2.17. The van der Waals surface area contributed by atoms with Crippen LogP contribution in [-0.4, -0.2) is 42.7 Å². The molecule has 7 nitrogen and oxygen atoms in total. The summed E-state index contributed by atoms with van der Waals surface area (Å²) in [6.45, 7) is 11.9. The Bertz CT molecular complexity index is 743. The lowest BCUT2D eigenvalue weighted by Gasteiger charge is -2.30. The van der Waals surface area contributed by atoms with E-state index >= 15 is 0 Å². The largest absolute Gasteiger partial charge is 0.381 e. The van der Waals surface area contributed by atoms with Crippen molar-refractivity contribution in [1.82, 2.24) is 5.16 Å². The van der Waals surface area contributed by atoms with E-state index < -0.39 is 25.7 Å². The van der Waals surface area contributed by atoms with Gasteiger partial charge in [-0.15, -0.1) is 0 Å². The number of hydrogen-bond donors (Lipinski definition) is 1. The highest BCUT2D eigenvalue weighted by atomic mass is 32.2. The molecule has 26 heavy (non-hydrogen) atoms. The Morgan fingerprint density at radius 2 is 1.81 bits per heavy atom. The van der Waals surface area contributed by atoms with Crippen LogP contribution in [-0.2, 0) is 24.8 Å². The van der Waals surface area contributed by atoms with Crippen molar-refractivity contribution in [2.24, 2.45) is 5.92 Å². The topological polar surface area (TPSA) is 98.5 Å². The lowest BCUT2D eigenvalue weighted by atomic mass is 9.79. The average molecular weight is 387 g/mol. The molecule has 0 aromatic carbocycles. The van der Waals surface area contributed by atoms with Crippen molar-refractivity contribution in [2.75, 3.05) is 18.5 Å². The van der Waals surface area contributed by atoms with Gasteiger partial charge in [0.2, 0.25) is 5.91 Å². The Kier molecular flexibility index (Phi) is 5.87. The van der Waals surface area contributed by atoms with E-state index in [0.717, 1.165) is 0 Å². The number of aromatic nitrogens is 1. The predicted molar refractivity (Wildman–Crippen MR) is 99.8 cm³/mol. The minimum absolute atomic E-state index is 0.231. The van der Waals surface area contributed by atoms with Crippen LogP contribution in [0.25, 0.3) is 0 Å². The first-order chi connectivity index (χ1) is 11.9. The van der Waals surface area contributed by atoms with Crippen LogP contribution in [0.2, 0.25) is 0 Å². The second kappa shape index (κ2) is 7.31. The number of anilines is 1. The van der Waals surface area contributed by atoms with Gasteiger partial charge < -0.3 is 14.6 Å². The number of rotatable bonds is 6. The van der Waals surface area contributed by atoms with Crippen molar-refractivity contribution < 1.29 is 22.5 Å². The molecule has 1 fully saturated rings. The van der Waals surface area contributed by atoms with Crippen molar-refractivity contribution in [3.05, 3.63) is 11.8 Å². The fraction of sp³-hybridized carbons (Fsp3) is 0.778. The zero-order chi connectivity index (χ0) is 19.8. The van der Waals surface area contributed by atoms with E-state index in [1.807, 2.05) is 13.8 Å². The number of sulfone groups is 1. The molecule has 1 N–H and O–H groups in total.